The van der Waals surface area contributed by atoms with Crippen molar-refractivity contribution in [3.8, 4) is 0 Å². The Labute approximate surface area is 96.7 Å². The van der Waals surface area contributed by atoms with Crippen molar-refractivity contribution < 1.29 is 14.3 Å². The van der Waals surface area contributed by atoms with Crippen LogP contribution in [0.5, 0.6) is 0 Å². The fourth-order valence-corrected chi connectivity index (χ4v) is 1.25. The van der Waals surface area contributed by atoms with Gasteiger partial charge in [-0.15, -0.1) is 0 Å². The van der Waals surface area contributed by atoms with Crippen molar-refractivity contribution in [2.75, 3.05) is 13.7 Å². The maximum Gasteiger partial charge on any atom is 0.340 e. The summed E-state index contributed by atoms with van der Waals surface area (Å²) in [6.45, 7) is 2.16. The predicted octanol–water partition coefficient (Wildman–Crippen LogP) is 2.04. The largest absolute Gasteiger partial charge is 0.457 e. The molecule has 0 spiro atoms. The zero-order chi connectivity index (χ0) is 11.3. The highest BCUT2D eigenvalue weighted by Crippen LogP contribution is 2.08. The Hall–Kier alpha value is -0.940. The van der Waals surface area contributed by atoms with Gasteiger partial charge in [-0.25, -0.2) is 9.78 Å². The summed E-state index contributed by atoms with van der Waals surface area (Å²) >= 11 is 3.19. The Morgan fingerprint density at radius 2 is 2.33 bits per heavy atom. The summed E-state index contributed by atoms with van der Waals surface area (Å²) in [6.07, 6.45) is 1.21. The van der Waals surface area contributed by atoms with Crippen LogP contribution in [0.4, 0.5) is 0 Å². The maximum absolute atomic E-state index is 11.5. The van der Waals surface area contributed by atoms with Gasteiger partial charge in [0, 0.05) is 13.3 Å². The van der Waals surface area contributed by atoms with Gasteiger partial charge < -0.3 is 9.47 Å². The van der Waals surface area contributed by atoms with E-state index < -0.39 is 0 Å². The standard InChI is InChI=1S/C10H12BrNO3/c1-7(6-14-2)15-10(13)8-3-4-9(11)12-5-8/h3-5,7H,6H2,1-2H3. The lowest BCUT2D eigenvalue weighted by molar-refractivity contribution is 0.0120. The smallest absolute Gasteiger partial charge is 0.340 e. The molecule has 0 saturated carbocycles. The van der Waals surface area contributed by atoms with E-state index in [2.05, 4.69) is 20.9 Å². The van der Waals surface area contributed by atoms with Gasteiger partial charge in [0.2, 0.25) is 0 Å². The SMILES string of the molecule is COCC(C)OC(=O)c1ccc(Br)nc1. The second-order valence-electron chi connectivity index (χ2n) is 3.04. The lowest BCUT2D eigenvalue weighted by atomic mass is 10.3. The summed E-state index contributed by atoms with van der Waals surface area (Å²) in [5, 5.41) is 0. The van der Waals surface area contributed by atoms with Crippen LogP contribution in [0.3, 0.4) is 0 Å². The molecule has 0 aliphatic carbocycles. The molecule has 82 valence electrons. The molecule has 0 amide bonds. The topological polar surface area (TPSA) is 48.4 Å². The third-order valence-electron chi connectivity index (χ3n) is 1.67. The van der Waals surface area contributed by atoms with Crippen molar-refractivity contribution in [3.05, 3.63) is 28.5 Å². The molecule has 15 heavy (non-hydrogen) atoms. The summed E-state index contributed by atoms with van der Waals surface area (Å²) in [6, 6.07) is 3.34. The second-order valence-corrected chi connectivity index (χ2v) is 3.85. The van der Waals surface area contributed by atoms with E-state index in [4.69, 9.17) is 9.47 Å². The first kappa shape index (κ1) is 12.1. The van der Waals surface area contributed by atoms with Crippen LogP contribution in [-0.4, -0.2) is 30.8 Å². The molecular weight excluding hydrogens is 262 g/mol. The Morgan fingerprint density at radius 3 is 2.87 bits per heavy atom. The van der Waals surface area contributed by atoms with Crippen molar-refractivity contribution in [2.45, 2.75) is 13.0 Å². The van der Waals surface area contributed by atoms with Gasteiger partial charge in [-0.05, 0) is 35.0 Å². The number of hydrogen-bond donors (Lipinski definition) is 0. The van der Waals surface area contributed by atoms with Gasteiger partial charge in [-0.1, -0.05) is 0 Å². The zero-order valence-corrected chi connectivity index (χ0v) is 10.2. The third kappa shape index (κ3) is 3.97. The minimum atomic E-state index is -0.389. The van der Waals surface area contributed by atoms with Crippen LogP contribution in [0.25, 0.3) is 0 Å². The van der Waals surface area contributed by atoms with E-state index in [1.165, 1.54) is 6.20 Å². The average Bonchev–Trinajstić information content (AvgIpc) is 2.18. The van der Waals surface area contributed by atoms with Crippen LogP contribution in [0.1, 0.15) is 17.3 Å². The Morgan fingerprint density at radius 1 is 1.60 bits per heavy atom. The second kappa shape index (κ2) is 5.82. The zero-order valence-electron chi connectivity index (χ0n) is 8.57. The van der Waals surface area contributed by atoms with E-state index in [9.17, 15) is 4.79 Å². The molecule has 1 rings (SSSR count). The molecule has 0 fully saturated rings. The first-order valence-corrected chi connectivity index (χ1v) is 5.24. The number of halogens is 1. The Kier molecular flexibility index (Phi) is 4.71. The highest BCUT2D eigenvalue weighted by atomic mass is 79.9. The lowest BCUT2D eigenvalue weighted by Crippen LogP contribution is -2.19. The van der Waals surface area contributed by atoms with Crippen LogP contribution in [0.2, 0.25) is 0 Å². The van der Waals surface area contributed by atoms with Crippen LogP contribution in [0.15, 0.2) is 22.9 Å². The number of aromatic nitrogens is 1. The molecular formula is C10H12BrNO3. The molecule has 0 aromatic carbocycles. The van der Waals surface area contributed by atoms with Gasteiger partial charge in [0.05, 0.1) is 12.2 Å². The number of nitrogens with zero attached hydrogens (tertiary/aromatic N) is 1. The summed E-state index contributed by atoms with van der Waals surface area (Å²) in [5.41, 5.74) is 0.432. The molecule has 4 nitrogen and oxygen atoms in total. The number of ether oxygens (including phenoxy) is 2. The van der Waals surface area contributed by atoms with Crippen molar-refractivity contribution in [2.24, 2.45) is 0 Å². The van der Waals surface area contributed by atoms with E-state index in [1.54, 1.807) is 26.2 Å². The van der Waals surface area contributed by atoms with Crippen LogP contribution >= 0.6 is 15.9 Å². The number of hydrogen-bond acceptors (Lipinski definition) is 4. The number of carbonyl (C=O) groups excluding carboxylic acids is 1. The number of pyridine rings is 1. The van der Waals surface area contributed by atoms with E-state index in [0.717, 1.165) is 0 Å². The summed E-state index contributed by atoms with van der Waals surface area (Å²) < 4.78 is 10.6. The van der Waals surface area contributed by atoms with Gasteiger partial charge in [0.1, 0.15) is 10.7 Å². The number of methoxy groups -OCH3 is 1. The Bertz CT molecular complexity index is 326. The van der Waals surface area contributed by atoms with E-state index in [-0.39, 0.29) is 12.1 Å². The van der Waals surface area contributed by atoms with Gasteiger partial charge >= 0.3 is 5.97 Å². The van der Waals surface area contributed by atoms with E-state index >= 15 is 0 Å². The lowest BCUT2D eigenvalue weighted by Gasteiger charge is -2.11. The monoisotopic (exact) mass is 273 g/mol. The highest BCUT2D eigenvalue weighted by Gasteiger charge is 2.11. The molecule has 0 N–H and O–H groups in total. The molecule has 1 aromatic heterocycles. The molecule has 0 aliphatic rings. The van der Waals surface area contributed by atoms with Crippen LogP contribution < -0.4 is 0 Å². The van der Waals surface area contributed by atoms with Gasteiger partial charge in [-0.2, -0.15) is 0 Å². The minimum absolute atomic E-state index is 0.258. The van der Waals surface area contributed by atoms with Crippen molar-refractivity contribution in [1.82, 2.24) is 4.98 Å². The normalized spacial score (nSPS) is 12.2. The third-order valence-corrected chi connectivity index (χ3v) is 2.14. The fraction of sp³-hybridized carbons (Fsp3) is 0.400. The average molecular weight is 274 g/mol. The molecule has 0 saturated heterocycles. The van der Waals surface area contributed by atoms with Crippen molar-refractivity contribution >= 4 is 21.9 Å². The first-order chi connectivity index (χ1) is 7.13. The number of esters is 1. The number of rotatable bonds is 4. The quantitative estimate of drug-likeness (QED) is 0.622. The van der Waals surface area contributed by atoms with Gasteiger partial charge in [-0.3, -0.25) is 0 Å². The summed E-state index contributed by atoms with van der Waals surface area (Å²) in [7, 11) is 1.56. The van der Waals surface area contributed by atoms with Crippen LogP contribution in [-0.2, 0) is 9.47 Å². The summed E-state index contributed by atoms with van der Waals surface area (Å²) in [5.74, 6) is -0.389. The molecule has 0 aliphatic heterocycles. The fourth-order valence-electron chi connectivity index (χ4n) is 1.02. The predicted molar refractivity (Wildman–Crippen MR) is 58.7 cm³/mol. The number of carbonyl (C=O) groups is 1. The van der Waals surface area contributed by atoms with E-state index in [1.807, 2.05) is 0 Å². The minimum Gasteiger partial charge on any atom is -0.457 e. The van der Waals surface area contributed by atoms with Crippen molar-refractivity contribution in [3.63, 3.8) is 0 Å². The molecule has 0 bridgehead atoms. The van der Waals surface area contributed by atoms with Gasteiger partial charge in [0.25, 0.3) is 0 Å². The molecule has 1 aromatic rings. The van der Waals surface area contributed by atoms with Crippen molar-refractivity contribution in [1.29, 1.82) is 0 Å². The molecule has 1 unspecified atom stereocenters. The highest BCUT2D eigenvalue weighted by molar-refractivity contribution is 9.10. The van der Waals surface area contributed by atoms with Crippen LogP contribution in [0, 0.1) is 0 Å². The summed E-state index contributed by atoms with van der Waals surface area (Å²) in [4.78, 5) is 15.4. The van der Waals surface area contributed by atoms with E-state index in [0.29, 0.717) is 16.8 Å². The first-order valence-electron chi connectivity index (χ1n) is 4.45. The molecule has 1 atom stereocenters. The molecule has 5 heteroatoms. The molecule has 0 radical (unpaired) electrons. The van der Waals surface area contributed by atoms with Gasteiger partial charge in [0.15, 0.2) is 0 Å². The maximum atomic E-state index is 11.5. The molecule has 1 heterocycles. The Balaban J connectivity index is 2.57.